The van der Waals surface area contributed by atoms with E-state index in [1.807, 2.05) is 24.4 Å². The Bertz CT molecular complexity index is 828. The number of pyridine rings is 1. The van der Waals surface area contributed by atoms with E-state index in [4.69, 9.17) is 16.3 Å². The number of rotatable bonds is 6. The van der Waals surface area contributed by atoms with Crippen LogP contribution in [0.25, 0.3) is 0 Å². The lowest BCUT2D eigenvalue weighted by Crippen LogP contribution is -2.54. The van der Waals surface area contributed by atoms with Crippen LogP contribution in [0.4, 0.5) is 5.82 Å². The van der Waals surface area contributed by atoms with Crippen LogP contribution in [0, 0.1) is 5.92 Å². The number of piperidine rings is 2. The van der Waals surface area contributed by atoms with Crippen LogP contribution in [0.5, 0.6) is 0 Å². The minimum Gasteiger partial charge on any atom is -0.376 e. The van der Waals surface area contributed by atoms with Gasteiger partial charge in [-0.3, -0.25) is 4.90 Å². The molecule has 0 amide bonds. The van der Waals surface area contributed by atoms with Gasteiger partial charge >= 0.3 is 0 Å². The molecule has 2 saturated heterocycles. The minimum atomic E-state index is -0.0704. The highest BCUT2D eigenvalue weighted by Gasteiger charge is 2.35. The molecule has 0 N–H and O–H groups in total. The van der Waals surface area contributed by atoms with Crippen molar-refractivity contribution in [3.8, 4) is 0 Å². The summed E-state index contributed by atoms with van der Waals surface area (Å²) in [5, 5.41) is 0.815. The maximum absolute atomic E-state index is 6.19. The first-order chi connectivity index (χ1) is 15.4. The predicted molar refractivity (Wildman–Crippen MR) is 134 cm³/mol. The van der Waals surface area contributed by atoms with Crippen LogP contribution in [0.2, 0.25) is 5.02 Å². The van der Waals surface area contributed by atoms with Crippen molar-refractivity contribution in [3.05, 3.63) is 59.2 Å². The van der Waals surface area contributed by atoms with Crippen LogP contribution in [0.15, 0.2) is 48.7 Å². The van der Waals surface area contributed by atoms with E-state index in [1.54, 1.807) is 0 Å². The molecule has 32 heavy (non-hydrogen) atoms. The molecule has 0 aliphatic carbocycles. The summed E-state index contributed by atoms with van der Waals surface area (Å²) in [4.78, 5) is 9.83. The topological polar surface area (TPSA) is 28.6 Å². The van der Waals surface area contributed by atoms with Gasteiger partial charge in [-0.1, -0.05) is 29.8 Å². The number of nitrogens with zero attached hydrogens (tertiary/aromatic N) is 3. The van der Waals surface area contributed by atoms with Crippen molar-refractivity contribution in [3.63, 3.8) is 0 Å². The molecule has 1 aromatic carbocycles. The van der Waals surface area contributed by atoms with Gasteiger partial charge in [-0.05, 0) is 88.6 Å². The first-order valence-electron chi connectivity index (χ1n) is 12.2. The van der Waals surface area contributed by atoms with Gasteiger partial charge in [-0.2, -0.15) is 0 Å². The predicted octanol–water partition coefficient (Wildman–Crippen LogP) is 5.84. The third kappa shape index (κ3) is 6.46. The highest BCUT2D eigenvalue weighted by atomic mass is 35.5. The highest BCUT2D eigenvalue weighted by molar-refractivity contribution is 6.30. The fourth-order valence-corrected chi connectivity index (χ4v) is 5.29. The van der Waals surface area contributed by atoms with Crippen LogP contribution >= 0.6 is 11.6 Å². The van der Waals surface area contributed by atoms with E-state index in [2.05, 4.69) is 59.8 Å². The fourth-order valence-electron chi connectivity index (χ4n) is 5.16. The summed E-state index contributed by atoms with van der Waals surface area (Å²) in [5.41, 5.74) is 1.32. The smallest absolute Gasteiger partial charge is 0.128 e. The normalized spacial score (nSPS) is 23.4. The zero-order valence-electron chi connectivity index (χ0n) is 19.8. The zero-order chi connectivity index (χ0) is 22.6. The molecule has 1 aromatic heterocycles. The van der Waals surface area contributed by atoms with Gasteiger partial charge in [0, 0.05) is 42.9 Å². The first-order valence-corrected chi connectivity index (χ1v) is 12.6. The van der Waals surface area contributed by atoms with Crippen LogP contribution in [0.1, 0.15) is 52.0 Å². The van der Waals surface area contributed by atoms with E-state index in [0.717, 1.165) is 43.5 Å². The first kappa shape index (κ1) is 23.5. The molecular formula is C27H38ClN3O. The number of hydrogen-bond acceptors (Lipinski definition) is 4. The maximum Gasteiger partial charge on any atom is 0.128 e. The molecule has 0 saturated carbocycles. The zero-order valence-corrected chi connectivity index (χ0v) is 20.6. The summed E-state index contributed by atoms with van der Waals surface area (Å²) in [5.74, 6) is 1.73. The average Bonchev–Trinajstić information content (AvgIpc) is 2.80. The number of anilines is 1. The van der Waals surface area contributed by atoms with E-state index in [-0.39, 0.29) is 5.60 Å². The molecule has 5 heteroatoms. The number of benzene rings is 1. The molecule has 0 radical (unpaired) electrons. The fraction of sp³-hybridized carbons (Fsp3) is 0.593. The second kappa shape index (κ2) is 10.5. The Labute approximate surface area is 198 Å². The summed E-state index contributed by atoms with van der Waals surface area (Å²) >= 11 is 6.13. The Morgan fingerprint density at radius 3 is 2.41 bits per heavy atom. The Morgan fingerprint density at radius 2 is 1.75 bits per heavy atom. The average molecular weight is 456 g/mol. The molecule has 4 nitrogen and oxygen atoms in total. The van der Waals surface area contributed by atoms with Crippen molar-refractivity contribution in [2.24, 2.45) is 5.92 Å². The Balaban J connectivity index is 1.42. The van der Waals surface area contributed by atoms with Gasteiger partial charge in [0.15, 0.2) is 0 Å². The van der Waals surface area contributed by atoms with Crippen molar-refractivity contribution in [2.75, 3.05) is 31.1 Å². The Morgan fingerprint density at radius 1 is 1.00 bits per heavy atom. The summed E-state index contributed by atoms with van der Waals surface area (Å²) < 4.78 is 6.19. The molecule has 2 aromatic rings. The molecule has 2 aliphatic heterocycles. The quantitative estimate of drug-likeness (QED) is 0.546. The van der Waals surface area contributed by atoms with E-state index >= 15 is 0 Å². The Kier molecular flexibility index (Phi) is 7.75. The second-order valence-corrected chi connectivity index (χ2v) is 10.9. The summed E-state index contributed by atoms with van der Waals surface area (Å²) in [6.07, 6.45) is 7.87. The summed E-state index contributed by atoms with van der Waals surface area (Å²) in [7, 11) is 0. The number of aromatic nitrogens is 1. The molecule has 4 rings (SSSR count). The van der Waals surface area contributed by atoms with Crippen molar-refractivity contribution in [2.45, 2.75) is 70.6 Å². The number of likely N-dealkylation sites (tertiary alicyclic amines) is 1. The molecule has 2 fully saturated rings. The van der Waals surface area contributed by atoms with E-state index in [1.165, 1.54) is 31.2 Å². The molecule has 2 atom stereocenters. The van der Waals surface area contributed by atoms with Crippen LogP contribution < -0.4 is 4.90 Å². The third-order valence-corrected chi connectivity index (χ3v) is 7.14. The van der Waals surface area contributed by atoms with Gasteiger partial charge < -0.3 is 9.64 Å². The van der Waals surface area contributed by atoms with Gasteiger partial charge in [0.05, 0.1) is 12.2 Å². The molecule has 3 heterocycles. The second-order valence-electron chi connectivity index (χ2n) is 10.5. The van der Waals surface area contributed by atoms with Crippen LogP contribution in [0.3, 0.4) is 0 Å². The van der Waals surface area contributed by atoms with Gasteiger partial charge in [0.2, 0.25) is 0 Å². The summed E-state index contributed by atoms with van der Waals surface area (Å²) in [6.45, 7) is 10.6. The minimum absolute atomic E-state index is 0.0704. The standard InChI is InChI=1S/C27H38ClN3O/c1-27(2,3)32-20-22-9-12-25(18-21-7-10-23(28)11-8-21)31(19-22)24-13-16-30(17-14-24)26-6-4-5-15-29-26/h4-8,10-11,15,22,24-25H,9,12-14,16-20H2,1-3H3/t22-,25-/m1/s1. The number of halogens is 1. The molecule has 0 bridgehead atoms. The number of hydrogen-bond donors (Lipinski definition) is 0. The van der Waals surface area contributed by atoms with Crippen LogP contribution in [-0.4, -0.2) is 53.8 Å². The molecule has 0 unspecified atom stereocenters. The van der Waals surface area contributed by atoms with Gasteiger partial charge in [0.1, 0.15) is 5.82 Å². The van der Waals surface area contributed by atoms with Gasteiger partial charge in [-0.25, -0.2) is 4.98 Å². The van der Waals surface area contributed by atoms with Crippen LogP contribution in [-0.2, 0) is 11.2 Å². The van der Waals surface area contributed by atoms with Crippen molar-refractivity contribution in [1.29, 1.82) is 0 Å². The van der Waals surface area contributed by atoms with Gasteiger partial charge in [-0.15, -0.1) is 0 Å². The SMILES string of the molecule is CC(C)(C)OC[C@@H]1CC[C@H](Cc2ccc(Cl)cc2)N(C2CCN(c3ccccn3)CC2)C1. The third-order valence-electron chi connectivity index (χ3n) is 6.89. The highest BCUT2D eigenvalue weighted by Crippen LogP contribution is 2.32. The van der Waals surface area contributed by atoms with E-state index < -0.39 is 0 Å². The largest absolute Gasteiger partial charge is 0.376 e. The molecule has 174 valence electrons. The lowest BCUT2D eigenvalue weighted by atomic mass is 9.86. The van der Waals surface area contributed by atoms with Crippen molar-refractivity contribution < 1.29 is 4.74 Å². The van der Waals surface area contributed by atoms with E-state index in [0.29, 0.717) is 18.0 Å². The molecule has 0 spiro atoms. The van der Waals surface area contributed by atoms with Gasteiger partial charge in [0.25, 0.3) is 0 Å². The molecular weight excluding hydrogens is 418 g/mol. The maximum atomic E-state index is 6.19. The van der Waals surface area contributed by atoms with Crippen molar-refractivity contribution in [1.82, 2.24) is 9.88 Å². The Hall–Kier alpha value is -1.62. The van der Waals surface area contributed by atoms with E-state index in [9.17, 15) is 0 Å². The lowest BCUT2D eigenvalue weighted by molar-refractivity contribution is -0.0481. The monoisotopic (exact) mass is 455 g/mol. The number of ether oxygens (including phenoxy) is 1. The molecule has 2 aliphatic rings. The summed E-state index contributed by atoms with van der Waals surface area (Å²) in [6, 6.07) is 15.9. The lowest BCUT2D eigenvalue weighted by Gasteiger charge is -2.47. The van der Waals surface area contributed by atoms with Crippen molar-refractivity contribution >= 4 is 17.4 Å².